The van der Waals surface area contributed by atoms with Crippen LogP contribution >= 0.6 is 22.6 Å². The topological polar surface area (TPSA) is 40.5 Å². The van der Waals surface area contributed by atoms with Crippen LogP contribution in [-0.4, -0.2) is 30.1 Å². The van der Waals surface area contributed by atoms with Crippen molar-refractivity contribution in [3.63, 3.8) is 0 Å². The molecule has 1 rings (SSSR count). The lowest BCUT2D eigenvalue weighted by Crippen LogP contribution is -2.45. The fourth-order valence-corrected chi connectivity index (χ4v) is 1.71. The lowest BCUT2D eigenvalue weighted by atomic mass is 9.91. The molecule has 0 heterocycles. The molecule has 1 aromatic carbocycles. The van der Waals surface area contributed by atoms with Gasteiger partial charge in [0.1, 0.15) is 5.54 Å². The number of benzene rings is 1. The average Bonchev–Trinajstić information content (AvgIpc) is 2.17. The summed E-state index contributed by atoms with van der Waals surface area (Å²) in [6, 6.07) is 7.55. The SMILES string of the molecule is CN(C)C(C)(C(=O)O)c1ccc(I)cc1. The van der Waals surface area contributed by atoms with E-state index in [1.54, 1.807) is 25.9 Å². The van der Waals surface area contributed by atoms with Gasteiger partial charge in [0.2, 0.25) is 0 Å². The molecular weight excluding hydrogens is 305 g/mol. The highest BCUT2D eigenvalue weighted by molar-refractivity contribution is 14.1. The minimum absolute atomic E-state index is 0.792. The summed E-state index contributed by atoms with van der Waals surface area (Å²) >= 11 is 2.20. The Kier molecular flexibility index (Phi) is 3.72. The molecule has 0 aliphatic carbocycles. The van der Waals surface area contributed by atoms with Crippen molar-refractivity contribution in [1.29, 1.82) is 0 Å². The second-order valence-electron chi connectivity index (χ2n) is 3.78. The Morgan fingerprint density at radius 2 is 1.80 bits per heavy atom. The van der Waals surface area contributed by atoms with Crippen molar-refractivity contribution >= 4 is 28.6 Å². The third-order valence-corrected chi connectivity index (χ3v) is 3.44. The molecule has 0 aliphatic heterocycles. The van der Waals surface area contributed by atoms with Gasteiger partial charge in [-0.1, -0.05) is 12.1 Å². The first-order chi connectivity index (χ1) is 6.89. The van der Waals surface area contributed by atoms with Crippen LogP contribution < -0.4 is 0 Å². The fraction of sp³-hybridized carbons (Fsp3) is 0.364. The van der Waals surface area contributed by atoms with Gasteiger partial charge >= 0.3 is 5.97 Å². The minimum atomic E-state index is -0.968. The predicted molar refractivity (Wildman–Crippen MR) is 67.8 cm³/mol. The third kappa shape index (κ3) is 2.31. The molecule has 0 radical (unpaired) electrons. The van der Waals surface area contributed by atoms with E-state index in [0.717, 1.165) is 9.13 Å². The van der Waals surface area contributed by atoms with Crippen molar-refractivity contribution < 1.29 is 9.90 Å². The van der Waals surface area contributed by atoms with Gasteiger partial charge in [0.25, 0.3) is 0 Å². The predicted octanol–water partition coefficient (Wildman–Crippen LogP) is 2.15. The Labute approximate surface area is 103 Å². The minimum Gasteiger partial charge on any atom is -0.480 e. The highest BCUT2D eigenvalue weighted by Crippen LogP contribution is 2.26. The van der Waals surface area contributed by atoms with Gasteiger partial charge in [-0.25, -0.2) is 4.79 Å². The van der Waals surface area contributed by atoms with Gasteiger partial charge in [-0.15, -0.1) is 0 Å². The maximum absolute atomic E-state index is 11.3. The van der Waals surface area contributed by atoms with Gasteiger partial charge in [0.05, 0.1) is 0 Å². The maximum Gasteiger partial charge on any atom is 0.328 e. The van der Waals surface area contributed by atoms with Crippen molar-refractivity contribution in [2.45, 2.75) is 12.5 Å². The van der Waals surface area contributed by atoms with Crippen molar-refractivity contribution in [1.82, 2.24) is 4.90 Å². The number of rotatable bonds is 3. The zero-order valence-corrected chi connectivity index (χ0v) is 11.1. The molecule has 0 amide bonds. The van der Waals surface area contributed by atoms with Crippen LogP contribution in [0.25, 0.3) is 0 Å². The Balaban J connectivity index is 3.22. The molecule has 0 aliphatic rings. The lowest BCUT2D eigenvalue weighted by Gasteiger charge is -2.32. The van der Waals surface area contributed by atoms with E-state index < -0.39 is 11.5 Å². The average molecular weight is 319 g/mol. The van der Waals surface area contributed by atoms with Crippen LogP contribution in [0.2, 0.25) is 0 Å². The fourth-order valence-electron chi connectivity index (χ4n) is 1.35. The van der Waals surface area contributed by atoms with E-state index >= 15 is 0 Å². The van der Waals surface area contributed by atoms with Crippen molar-refractivity contribution in [2.75, 3.05) is 14.1 Å². The van der Waals surface area contributed by atoms with E-state index in [9.17, 15) is 9.90 Å². The molecule has 1 unspecified atom stereocenters. The quantitative estimate of drug-likeness (QED) is 0.868. The van der Waals surface area contributed by atoms with Gasteiger partial charge < -0.3 is 5.11 Å². The van der Waals surface area contributed by atoms with Gasteiger partial charge in [0.15, 0.2) is 0 Å². The van der Waals surface area contributed by atoms with Crippen molar-refractivity contribution in [3.8, 4) is 0 Å². The monoisotopic (exact) mass is 319 g/mol. The van der Waals surface area contributed by atoms with E-state index in [4.69, 9.17) is 0 Å². The smallest absolute Gasteiger partial charge is 0.328 e. The molecule has 82 valence electrons. The molecule has 1 atom stereocenters. The van der Waals surface area contributed by atoms with Crippen LogP contribution in [0.15, 0.2) is 24.3 Å². The van der Waals surface area contributed by atoms with Crippen LogP contribution in [0.5, 0.6) is 0 Å². The van der Waals surface area contributed by atoms with Crippen LogP contribution in [-0.2, 0) is 10.3 Å². The number of carboxylic acid groups (broad SMARTS) is 1. The summed E-state index contributed by atoms with van der Waals surface area (Å²) in [6.07, 6.45) is 0. The largest absolute Gasteiger partial charge is 0.480 e. The van der Waals surface area contributed by atoms with E-state index in [1.807, 2.05) is 24.3 Å². The molecule has 0 bridgehead atoms. The van der Waals surface area contributed by atoms with Crippen LogP contribution in [0, 0.1) is 3.57 Å². The van der Waals surface area contributed by atoms with Crippen LogP contribution in [0.1, 0.15) is 12.5 Å². The number of halogens is 1. The highest BCUT2D eigenvalue weighted by atomic mass is 127. The van der Waals surface area contributed by atoms with Crippen LogP contribution in [0.4, 0.5) is 0 Å². The number of nitrogens with zero attached hydrogens (tertiary/aromatic N) is 1. The molecule has 1 N–H and O–H groups in total. The maximum atomic E-state index is 11.3. The first-order valence-corrected chi connectivity index (χ1v) is 5.63. The second kappa shape index (κ2) is 4.49. The zero-order chi connectivity index (χ0) is 11.6. The Bertz CT molecular complexity index is 361. The van der Waals surface area contributed by atoms with Gasteiger partial charge in [-0.3, -0.25) is 4.90 Å². The summed E-state index contributed by atoms with van der Waals surface area (Å²) in [5.41, 5.74) is -0.176. The Hall–Kier alpha value is -0.620. The standard InChI is InChI=1S/C11H14INO2/c1-11(10(14)15,13(2)3)8-4-6-9(12)7-5-8/h4-7H,1-3H3,(H,14,15). The molecule has 3 nitrogen and oxygen atoms in total. The number of carbonyl (C=O) groups is 1. The normalized spacial score (nSPS) is 15.0. The van der Waals surface area contributed by atoms with Crippen LogP contribution in [0.3, 0.4) is 0 Å². The summed E-state index contributed by atoms with van der Waals surface area (Å²) in [4.78, 5) is 13.0. The third-order valence-electron chi connectivity index (χ3n) is 2.72. The first-order valence-electron chi connectivity index (χ1n) is 4.56. The summed E-state index contributed by atoms with van der Waals surface area (Å²) in [5, 5.41) is 9.28. The highest BCUT2D eigenvalue weighted by Gasteiger charge is 2.37. The Morgan fingerprint density at radius 3 is 2.13 bits per heavy atom. The van der Waals surface area contributed by atoms with E-state index in [2.05, 4.69) is 22.6 Å². The molecule has 0 saturated heterocycles. The summed E-state index contributed by atoms with van der Waals surface area (Å²) in [5.74, 6) is -0.839. The number of hydrogen-bond donors (Lipinski definition) is 1. The summed E-state index contributed by atoms with van der Waals surface area (Å²) in [6.45, 7) is 1.71. The van der Waals surface area contributed by atoms with Gasteiger partial charge in [-0.2, -0.15) is 0 Å². The molecule has 0 saturated carbocycles. The number of carboxylic acids is 1. The first kappa shape index (κ1) is 12.4. The summed E-state index contributed by atoms with van der Waals surface area (Å²) < 4.78 is 1.10. The number of likely N-dealkylation sites (N-methyl/N-ethyl adjacent to an activating group) is 1. The molecule has 15 heavy (non-hydrogen) atoms. The second-order valence-corrected chi connectivity index (χ2v) is 5.02. The lowest BCUT2D eigenvalue weighted by molar-refractivity contribution is -0.149. The Morgan fingerprint density at radius 1 is 1.33 bits per heavy atom. The van der Waals surface area contributed by atoms with E-state index in [-0.39, 0.29) is 0 Å². The summed E-state index contributed by atoms with van der Waals surface area (Å²) in [7, 11) is 3.54. The van der Waals surface area contributed by atoms with Crippen molar-refractivity contribution in [2.24, 2.45) is 0 Å². The molecular formula is C11H14INO2. The molecule has 0 spiro atoms. The molecule has 0 fully saturated rings. The van der Waals surface area contributed by atoms with Crippen molar-refractivity contribution in [3.05, 3.63) is 33.4 Å². The molecule has 1 aromatic rings. The van der Waals surface area contributed by atoms with Gasteiger partial charge in [0, 0.05) is 3.57 Å². The molecule has 4 heteroatoms. The number of aliphatic carboxylic acids is 1. The number of hydrogen-bond acceptors (Lipinski definition) is 2. The van der Waals surface area contributed by atoms with E-state index in [1.165, 1.54) is 0 Å². The van der Waals surface area contributed by atoms with Gasteiger partial charge in [-0.05, 0) is 61.3 Å². The zero-order valence-electron chi connectivity index (χ0n) is 8.99. The molecule has 0 aromatic heterocycles. The van der Waals surface area contributed by atoms with E-state index in [0.29, 0.717) is 0 Å².